The van der Waals surface area contributed by atoms with E-state index in [0.29, 0.717) is 5.56 Å². The number of fused-ring (bicyclic) bond motifs is 1. The molecule has 3 aromatic carbocycles. The van der Waals surface area contributed by atoms with E-state index in [4.69, 9.17) is 0 Å². The Bertz CT molecular complexity index is 1020. The van der Waals surface area contributed by atoms with Gasteiger partial charge in [0.1, 0.15) is 6.04 Å². The lowest BCUT2D eigenvalue weighted by Gasteiger charge is -2.14. The molecule has 1 atom stereocenters. The molecule has 0 aromatic heterocycles. The largest absolute Gasteiger partial charge is 0.374 e. The van der Waals surface area contributed by atoms with Gasteiger partial charge < -0.3 is 5.32 Å². The van der Waals surface area contributed by atoms with Crippen LogP contribution >= 0.6 is 0 Å². The number of anilines is 1. The van der Waals surface area contributed by atoms with Gasteiger partial charge in [0.15, 0.2) is 0 Å². The molecule has 0 spiro atoms. The predicted octanol–water partition coefficient (Wildman–Crippen LogP) is 3.70. The van der Waals surface area contributed by atoms with Crippen molar-refractivity contribution < 1.29 is 9.72 Å². The minimum absolute atomic E-state index is 0.0309. The van der Waals surface area contributed by atoms with E-state index in [1.807, 2.05) is 42.5 Å². The molecule has 0 aliphatic carbocycles. The maximum absolute atomic E-state index is 12.2. The molecule has 1 unspecified atom stereocenters. The smallest absolute Gasteiger partial charge is 0.270 e. The maximum Gasteiger partial charge on any atom is 0.270 e. The van der Waals surface area contributed by atoms with Crippen molar-refractivity contribution >= 4 is 34.3 Å². The third kappa shape index (κ3) is 4.66. The summed E-state index contributed by atoms with van der Waals surface area (Å²) >= 11 is 0. The second kappa shape index (κ2) is 8.09. The summed E-state index contributed by atoms with van der Waals surface area (Å²) in [4.78, 5) is 22.5. The first-order chi connectivity index (χ1) is 13.0. The summed E-state index contributed by atoms with van der Waals surface area (Å²) in [6, 6.07) is 19.4. The van der Waals surface area contributed by atoms with Crippen LogP contribution in [0.1, 0.15) is 12.5 Å². The predicted molar refractivity (Wildman–Crippen MR) is 106 cm³/mol. The molecule has 1 amide bonds. The lowest BCUT2D eigenvalue weighted by Crippen LogP contribution is -2.34. The highest BCUT2D eigenvalue weighted by Gasteiger charge is 2.12. The fourth-order valence-electron chi connectivity index (χ4n) is 2.58. The van der Waals surface area contributed by atoms with Gasteiger partial charge in [-0.25, -0.2) is 5.43 Å². The van der Waals surface area contributed by atoms with E-state index >= 15 is 0 Å². The second-order valence-corrected chi connectivity index (χ2v) is 6.01. The average molecular weight is 362 g/mol. The van der Waals surface area contributed by atoms with Gasteiger partial charge in [0.05, 0.1) is 11.1 Å². The van der Waals surface area contributed by atoms with Gasteiger partial charge in [-0.15, -0.1) is 0 Å². The summed E-state index contributed by atoms with van der Waals surface area (Å²) in [6.07, 6.45) is 1.37. The van der Waals surface area contributed by atoms with Gasteiger partial charge >= 0.3 is 0 Å². The van der Waals surface area contributed by atoms with Gasteiger partial charge in [-0.3, -0.25) is 14.9 Å². The van der Waals surface area contributed by atoms with Crippen LogP contribution < -0.4 is 10.7 Å². The molecule has 2 N–H and O–H groups in total. The quantitative estimate of drug-likeness (QED) is 0.397. The molecule has 3 rings (SSSR count). The SMILES string of the molecule is CC(Nc1ccc2ccccc2c1)C(=O)N/N=C/c1cccc([N+](=O)[O-])c1. The lowest BCUT2D eigenvalue weighted by atomic mass is 10.1. The molecule has 0 heterocycles. The lowest BCUT2D eigenvalue weighted by molar-refractivity contribution is -0.384. The summed E-state index contributed by atoms with van der Waals surface area (Å²) in [5.74, 6) is -0.315. The molecular weight excluding hydrogens is 344 g/mol. The van der Waals surface area contributed by atoms with Crippen LogP contribution in [-0.4, -0.2) is 23.1 Å². The molecule has 0 saturated heterocycles. The topological polar surface area (TPSA) is 96.6 Å². The first-order valence-corrected chi connectivity index (χ1v) is 8.35. The van der Waals surface area contributed by atoms with Gasteiger partial charge in [-0.2, -0.15) is 5.10 Å². The summed E-state index contributed by atoms with van der Waals surface area (Å²) in [7, 11) is 0. The van der Waals surface area contributed by atoms with Gasteiger partial charge in [0.2, 0.25) is 0 Å². The molecule has 0 bridgehead atoms. The number of nitrogens with zero attached hydrogens (tertiary/aromatic N) is 2. The van der Waals surface area contributed by atoms with E-state index in [1.54, 1.807) is 19.1 Å². The minimum Gasteiger partial charge on any atom is -0.374 e. The number of rotatable bonds is 6. The Morgan fingerprint density at radius 2 is 1.85 bits per heavy atom. The van der Waals surface area contributed by atoms with Gasteiger partial charge in [-0.1, -0.05) is 42.5 Å². The molecule has 27 heavy (non-hydrogen) atoms. The summed E-state index contributed by atoms with van der Waals surface area (Å²) in [5, 5.41) is 20.0. The van der Waals surface area contributed by atoms with Gasteiger partial charge in [0, 0.05) is 23.4 Å². The Hall–Kier alpha value is -3.74. The van der Waals surface area contributed by atoms with Gasteiger partial charge in [0.25, 0.3) is 11.6 Å². The molecule has 7 heteroatoms. The van der Waals surface area contributed by atoms with Crippen molar-refractivity contribution in [3.63, 3.8) is 0 Å². The highest BCUT2D eigenvalue weighted by molar-refractivity contribution is 5.89. The number of hydrazone groups is 1. The molecule has 7 nitrogen and oxygen atoms in total. The van der Waals surface area contributed by atoms with Crippen molar-refractivity contribution in [3.8, 4) is 0 Å². The van der Waals surface area contributed by atoms with Crippen molar-refractivity contribution in [2.24, 2.45) is 5.10 Å². The standard InChI is InChI=1S/C20H18N4O3/c1-14(22-18-10-9-16-6-2-3-7-17(16)12-18)20(25)23-21-13-15-5-4-8-19(11-15)24(26)27/h2-14,22H,1H3,(H,23,25)/b21-13+. The van der Waals surface area contributed by atoms with E-state index in [1.165, 1.54) is 18.3 Å². The third-order valence-corrected chi connectivity index (χ3v) is 4.00. The zero-order chi connectivity index (χ0) is 19.2. The van der Waals surface area contributed by atoms with E-state index in [2.05, 4.69) is 15.8 Å². The molecule has 136 valence electrons. The number of carbonyl (C=O) groups excluding carboxylic acids is 1. The van der Waals surface area contributed by atoms with Crippen LogP contribution in [0.2, 0.25) is 0 Å². The number of nitro benzene ring substituents is 1. The molecule has 0 aliphatic heterocycles. The Morgan fingerprint density at radius 3 is 2.63 bits per heavy atom. The van der Waals surface area contributed by atoms with Crippen molar-refractivity contribution in [1.29, 1.82) is 0 Å². The number of nitro groups is 1. The fourth-order valence-corrected chi connectivity index (χ4v) is 2.58. The monoisotopic (exact) mass is 362 g/mol. The molecular formula is C20H18N4O3. The Labute approximate surface area is 155 Å². The van der Waals surface area contributed by atoms with Crippen molar-refractivity contribution in [2.45, 2.75) is 13.0 Å². The Balaban J connectivity index is 1.60. The number of hydrogen-bond donors (Lipinski definition) is 2. The second-order valence-electron chi connectivity index (χ2n) is 6.01. The van der Waals surface area contributed by atoms with Crippen LogP contribution in [0.25, 0.3) is 10.8 Å². The zero-order valence-electron chi connectivity index (χ0n) is 14.6. The average Bonchev–Trinajstić information content (AvgIpc) is 2.68. The van der Waals surface area contributed by atoms with Gasteiger partial charge in [-0.05, 0) is 29.8 Å². The van der Waals surface area contributed by atoms with E-state index in [0.717, 1.165) is 16.5 Å². The van der Waals surface area contributed by atoms with E-state index in [9.17, 15) is 14.9 Å². The minimum atomic E-state index is -0.506. The van der Waals surface area contributed by atoms with Crippen LogP contribution in [0, 0.1) is 10.1 Å². The van der Waals surface area contributed by atoms with Crippen LogP contribution in [0.4, 0.5) is 11.4 Å². The summed E-state index contributed by atoms with van der Waals surface area (Å²) in [5.41, 5.74) is 3.76. The number of amides is 1. The maximum atomic E-state index is 12.2. The molecule has 0 aliphatic rings. The van der Waals surface area contributed by atoms with Crippen molar-refractivity contribution in [3.05, 3.63) is 82.4 Å². The summed E-state index contributed by atoms with van der Waals surface area (Å²) < 4.78 is 0. The Morgan fingerprint density at radius 1 is 1.07 bits per heavy atom. The number of nitrogens with one attached hydrogen (secondary N) is 2. The van der Waals surface area contributed by atoms with Crippen LogP contribution in [0.5, 0.6) is 0 Å². The number of benzene rings is 3. The fraction of sp³-hybridized carbons (Fsp3) is 0.100. The van der Waals surface area contributed by atoms with Crippen LogP contribution in [-0.2, 0) is 4.79 Å². The first-order valence-electron chi connectivity index (χ1n) is 8.35. The van der Waals surface area contributed by atoms with Crippen LogP contribution in [0.15, 0.2) is 71.8 Å². The van der Waals surface area contributed by atoms with E-state index in [-0.39, 0.29) is 11.6 Å². The molecule has 0 saturated carbocycles. The van der Waals surface area contributed by atoms with Crippen molar-refractivity contribution in [1.82, 2.24) is 5.43 Å². The van der Waals surface area contributed by atoms with Crippen LogP contribution in [0.3, 0.4) is 0 Å². The number of hydrogen-bond acceptors (Lipinski definition) is 5. The summed E-state index contributed by atoms with van der Waals surface area (Å²) in [6.45, 7) is 1.73. The van der Waals surface area contributed by atoms with E-state index < -0.39 is 11.0 Å². The third-order valence-electron chi connectivity index (χ3n) is 4.00. The molecule has 0 fully saturated rings. The highest BCUT2D eigenvalue weighted by Crippen LogP contribution is 2.19. The Kier molecular flexibility index (Phi) is 5.41. The highest BCUT2D eigenvalue weighted by atomic mass is 16.6. The number of non-ortho nitro benzene ring substituents is 1. The first kappa shape index (κ1) is 18.1. The molecule has 0 radical (unpaired) electrons. The number of carbonyl (C=O) groups is 1. The normalized spacial score (nSPS) is 12.0. The zero-order valence-corrected chi connectivity index (χ0v) is 14.6. The van der Waals surface area contributed by atoms with Crippen molar-refractivity contribution in [2.75, 3.05) is 5.32 Å². The molecule has 3 aromatic rings.